The lowest BCUT2D eigenvalue weighted by Gasteiger charge is -2.11. The second-order valence-corrected chi connectivity index (χ2v) is 5.38. The van der Waals surface area contributed by atoms with E-state index in [0.29, 0.717) is 5.92 Å². The lowest BCUT2D eigenvalue weighted by molar-refractivity contribution is 0.0948. The van der Waals surface area contributed by atoms with Gasteiger partial charge < -0.3 is 5.32 Å². The second kappa shape index (κ2) is 6.80. The molecule has 1 N–H and O–H groups in total. The van der Waals surface area contributed by atoms with Crippen molar-refractivity contribution in [1.82, 2.24) is 5.32 Å². The molecule has 1 amide bonds. The second-order valence-electron chi connectivity index (χ2n) is 4.59. The van der Waals surface area contributed by atoms with E-state index in [1.807, 2.05) is 25.1 Å². The number of hydrogen-bond acceptors (Lipinski definition) is 1. The van der Waals surface area contributed by atoms with Gasteiger partial charge in [0.2, 0.25) is 0 Å². The van der Waals surface area contributed by atoms with Gasteiger partial charge in [0, 0.05) is 17.4 Å². The Kier molecular flexibility index (Phi) is 5.69. The van der Waals surface area contributed by atoms with Crippen molar-refractivity contribution in [1.29, 1.82) is 0 Å². The number of benzene rings is 1. The maximum atomic E-state index is 11.9. The highest BCUT2D eigenvalue weighted by Gasteiger charge is 2.08. The number of carbonyl (C=O) groups excluding carboxylic acids is 1. The molecule has 0 spiro atoms. The molecule has 0 saturated heterocycles. The summed E-state index contributed by atoms with van der Waals surface area (Å²) in [6.45, 7) is 6.95. The Hall–Kier alpha value is -0.830. The third-order valence-corrected chi connectivity index (χ3v) is 3.44. The van der Waals surface area contributed by atoms with E-state index in [1.54, 1.807) is 0 Å². The number of amides is 1. The van der Waals surface area contributed by atoms with E-state index in [2.05, 4.69) is 35.1 Å². The third kappa shape index (κ3) is 4.50. The lowest BCUT2D eigenvalue weighted by Crippen LogP contribution is -2.28. The number of alkyl halides is 1. The molecule has 0 aliphatic carbocycles. The van der Waals surface area contributed by atoms with Crippen molar-refractivity contribution in [3.63, 3.8) is 0 Å². The maximum absolute atomic E-state index is 11.9. The van der Waals surface area contributed by atoms with E-state index in [4.69, 9.17) is 0 Å². The van der Waals surface area contributed by atoms with Crippen LogP contribution in [0, 0.1) is 19.8 Å². The molecular weight excluding hydrogens is 278 g/mol. The average molecular weight is 298 g/mol. The van der Waals surface area contributed by atoms with Crippen molar-refractivity contribution < 1.29 is 4.79 Å². The summed E-state index contributed by atoms with van der Waals surface area (Å²) in [6.07, 6.45) is 1.08. The number of nitrogens with one attached hydrogen (secondary N) is 1. The van der Waals surface area contributed by atoms with Gasteiger partial charge in [-0.25, -0.2) is 0 Å². The first-order valence-electron chi connectivity index (χ1n) is 5.96. The molecule has 17 heavy (non-hydrogen) atoms. The standard InChI is InChI=1S/C14H20BrNO/c1-10(6-7-15)9-16-14(17)13-5-4-11(2)12(3)8-13/h4-5,8,10H,6-7,9H2,1-3H3,(H,16,17). The highest BCUT2D eigenvalue weighted by atomic mass is 79.9. The molecule has 1 unspecified atom stereocenters. The summed E-state index contributed by atoms with van der Waals surface area (Å²) in [7, 11) is 0. The molecule has 0 fully saturated rings. The Morgan fingerprint density at radius 2 is 2.06 bits per heavy atom. The van der Waals surface area contributed by atoms with Gasteiger partial charge in [-0.1, -0.05) is 28.9 Å². The van der Waals surface area contributed by atoms with Gasteiger partial charge in [-0.3, -0.25) is 4.79 Å². The van der Waals surface area contributed by atoms with E-state index in [1.165, 1.54) is 5.56 Å². The number of aryl methyl sites for hydroxylation is 2. The van der Waals surface area contributed by atoms with E-state index in [-0.39, 0.29) is 5.91 Å². The van der Waals surface area contributed by atoms with Gasteiger partial charge in [0.05, 0.1) is 0 Å². The van der Waals surface area contributed by atoms with E-state index < -0.39 is 0 Å². The topological polar surface area (TPSA) is 29.1 Å². The molecule has 1 aromatic rings. The minimum absolute atomic E-state index is 0.0227. The Labute approximate surface area is 112 Å². The molecule has 0 saturated carbocycles. The molecule has 1 atom stereocenters. The quantitative estimate of drug-likeness (QED) is 0.829. The van der Waals surface area contributed by atoms with Crippen LogP contribution >= 0.6 is 15.9 Å². The zero-order chi connectivity index (χ0) is 12.8. The molecule has 2 nitrogen and oxygen atoms in total. The molecule has 3 heteroatoms. The fourth-order valence-corrected chi connectivity index (χ4v) is 2.32. The summed E-state index contributed by atoms with van der Waals surface area (Å²) in [5.74, 6) is 0.527. The van der Waals surface area contributed by atoms with Crippen molar-refractivity contribution in [2.24, 2.45) is 5.92 Å². The minimum atomic E-state index is 0.0227. The maximum Gasteiger partial charge on any atom is 0.251 e. The van der Waals surface area contributed by atoms with Crippen molar-refractivity contribution in [3.8, 4) is 0 Å². The van der Waals surface area contributed by atoms with Crippen LogP contribution in [0.15, 0.2) is 18.2 Å². The van der Waals surface area contributed by atoms with E-state index in [0.717, 1.165) is 29.4 Å². The molecule has 0 bridgehead atoms. The van der Waals surface area contributed by atoms with Crippen LogP contribution in [-0.4, -0.2) is 17.8 Å². The van der Waals surface area contributed by atoms with Crippen molar-refractivity contribution in [3.05, 3.63) is 34.9 Å². The van der Waals surface area contributed by atoms with Gasteiger partial charge in [0.15, 0.2) is 0 Å². The van der Waals surface area contributed by atoms with Crippen LogP contribution in [0.4, 0.5) is 0 Å². The zero-order valence-electron chi connectivity index (χ0n) is 10.7. The van der Waals surface area contributed by atoms with Crippen LogP contribution in [0.5, 0.6) is 0 Å². The molecule has 0 radical (unpaired) electrons. The Morgan fingerprint density at radius 3 is 2.65 bits per heavy atom. The van der Waals surface area contributed by atoms with Crippen LogP contribution in [0.25, 0.3) is 0 Å². The predicted molar refractivity (Wildman–Crippen MR) is 75.8 cm³/mol. The number of carbonyl (C=O) groups is 1. The first-order valence-corrected chi connectivity index (χ1v) is 7.08. The Morgan fingerprint density at radius 1 is 1.35 bits per heavy atom. The zero-order valence-corrected chi connectivity index (χ0v) is 12.3. The molecular formula is C14H20BrNO. The first kappa shape index (κ1) is 14.2. The molecule has 1 rings (SSSR count). The van der Waals surface area contributed by atoms with Gasteiger partial charge in [0.1, 0.15) is 0 Å². The molecule has 0 heterocycles. The van der Waals surface area contributed by atoms with Crippen LogP contribution in [0.2, 0.25) is 0 Å². The summed E-state index contributed by atoms with van der Waals surface area (Å²) in [4.78, 5) is 11.9. The highest BCUT2D eigenvalue weighted by molar-refractivity contribution is 9.09. The first-order chi connectivity index (χ1) is 8.04. The van der Waals surface area contributed by atoms with Crippen molar-refractivity contribution >= 4 is 21.8 Å². The van der Waals surface area contributed by atoms with Crippen LogP contribution in [0.1, 0.15) is 34.8 Å². The molecule has 94 valence electrons. The van der Waals surface area contributed by atoms with Gasteiger partial charge in [0.25, 0.3) is 5.91 Å². The van der Waals surface area contributed by atoms with Gasteiger partial charge >= 0.3 is 0 Å². The van der Waals surface area contributed by atoms with Gasteiger partial charge in [-0.05, 0) is 49.4 Å². The van der Waals surface area contributed by atoms with Crippen LogP contribution in [-0.2, 0) is 0 Å². The molecule has 0 aromatic heterocycles. The average Bonchev–Trinajstić information content (AvgIpc) is 2.30. The monoisotopic (exact) mass is 297 g/mol. The molecule has 0 aliphatic heterocycles. The normalized spacial score (nSPS) is 12.2. The SMILES string of the molecule is Cc1ccc(C(=O)NCC(C)CCBr)cc1C. The third-order valence-electron chi connectivity index (χ3n) is 2.98. The smallest absolute Gasteiger partial charge is 0.251 e. The highest BCUT2D eigenvalue weighted by Crippen LogP contribution is 2.10. The summed E-state index contributed by atoms with van der Waals surface area (Å²) in [5.41, 5.74) is 3.12. The van der Waals surface area contributed by atoms with Gasteiger partial charge in [-0.15, -0.1) is 0 Å². The van der Waals surface area contributed by atoms with E-state index in [9.17, 15) is 4.79 Å². The van der Waals surface area contributed by atoms with Gasteiger partial charge in [-0.2, -0.15) is 0 Å². The number of hydrogen-bond donors (Lipinski definition) is 1. The molecule has 0 aliphatic rings. The summed E-state index contributed by atoms with van der Waals surface area (Å²) >= 11 is 3.41. The van der Waals surface area contributed by atoms with E-state index >= 15 is 0 Å². The summed E-state index contributed by atoms with van der Waals surface area (Å²) in [6, 6.07) is 5.82. The molecule has 1 aromatic carbocycles. The summed E-state index contributed by atoms with van der Waals surface area (Å²) < 4.78 is 0. The van der Waals surface area contributed by atoms with Crippen LogP contribution < -0.4 is 5.32 Å². The summed E-state index contributed by atoms with van der Waals surface area (Å²) in [5, 5.41) is 3.95. The minimum Gasteiger partial charge on any atom is -0.352 e. The van der Waals surface area contributed by atoms with Crippen molar-refractivity contribution in [2.45, 2.75) is 27.2 Å². The fourth-order valence-electron chi connectivity index (χ4n) is 1.54. The largest absolute Gasteiger partial charge is 0.352 e. The van der Waals surface area contributed by atoms with Crippen molar-refractivity contribution in [2.75, 3.05) is 11.9 Å². The Balaban J connectivity index is 2.55. The number of halogens is 1. The Bertz CT molecular complexity index is 390. The predicted octanol–water partition coefficient (Wildman–Crippen LogP) is 3.45. The fraction of sp³-hybridized carbons (Fsp3) is 0.500. The lowest BCUT2D eigenvalue weighted by atomic mass is 10.1. The number of rotatable bonds is 5. The van der Waals surface area contributed by atoms with Crippen LogP contribution in [0.3, 0.4) is 0 Å².